The predicted molar refractivity (Wildman–Crippen MR) is 490 cm³/mol. The zero-order valence-electron chi connectivity index (χ0n) is 68.6. The summed E-state index contributed by atoms with van der Waals surface area (Å²) in [5.74, 6) is -0.187. The number of fused-ring (bicyclic) bond motifs is 7. The van der Waals surface area contributed by atoms with E-state index in [9.17, 15) is 14.4 Å². The van der Waals surface area contributed by atoms with Gasteiger partial charge in [-0.2, -0.15) is 23.8 Å². The minimum absolute atomic E-state index is 0. The van der Waals surface area contributed by atoms with Crippen LogP contribution in [0.5, 0.6) is 0 Å². The molecule has 8 heterocycles. The zero-order valence-corrected chi connectivity index (χ0v) is 81.4. The van der Waals surface area contributed by atoms with Gasteiger partial charge in [0.05, 0.1) is 17.3 Å². The molecule has 19 rings (SSSR count). The quantitative estimate of drug-likeness (QED) is 0.0700. The minimum atomic E-state index is -0.125. The fourth-order valence-corrected chi connectivity index (χ4v) is 13.2. The standard InChI is InChI=1S/2C19H12N.C15H10N.C14H9N2.C13H8NS.C11H8N.3C5H8O2.5Ir/c1-2-8-16-13-20-19(12-15(16)7-1)18-11-5-9-14-6-3-4-10-17(14)18;1-2-7-16-13-17(10-9-14(16)5-1)19-18-8-4-3-6-15(18)11-12-20-19;1-2-7-13(8-3-1)15-14-9-5-4-6-12(14)10-11-16-15;1-2-4-13-11(3-1)7-10-16-14(13)12-5-8-15-9-6-12;1-2-5-11-10(4-1)7-8-14-13(11)12-6-3-9-15-12;1-2-6-10(7-3-1)11-8-4-5-9-12-11;3*1-4(6)3-5(2)7;;;;;/h1-10,12-13H;1-9,11-13H;1-7,9-11H;1-5,7-10H;1-5,7-9H;1-6,8-9H;3*3,6H,1-2H3;;;;;/q6*-1;;;;;;;;. The fourth-order valence-electron chi connectivity index (χ4n) is 12.5. The van der Waals surface area contributed by atoms with E-state index in [2.05, 4.69) is 211 Å². The molecule has 19 heteroatoms. The Bertz CT molecular complexity index is 6290. The largest absolute Gasteiger partial charge is 0.512 e. The third-order valence-corrected chi connectivity index (χ3v) is 18.5. The molecular weight excluding hydrogens is 2460 g/mol. The number of carbonyl (C=O) groups is 3. The average Bonchev–Trinajstić information content (AvgIpc) is 0.910. The summed E-state index contributed by atoms with van der Waals surface area (Å²) >= 11 is 1.67. The van der Waals surface area contributed by atoms with Crippen LogP contribution in [0.4, 0.5) is 0 Å². The van der Waals surface area contributed by atoms with Crippen LogP contribution in [0.2, 0.25) is 0 Å². The van der Waals surface area contributed by atoms with E-state index in [0.29, 0.717) is 0 Å². The van der Waals surface area contributed by atoms with Crippen LogP contribution in [0, 0.1) is 36.4 Å². The number of hydrogen-bond donors (Lipinski definition) is 3. The Morgan fingerprint density at radius 1 is 0.296 bits per heavy atom. The average molecular weight is 2540 g/mol. The van der Waals surface area contributed by atoms with Crippen molar-refractivity contribution in [3.63, 3.8) is 0 Å². The molecule has 0 saturated carbocycles. The van der Waals surface area contributed by atoms with Gasteiger partial charge < -0.3 is 45.2 Å². The number of pyridine rings is 7. The summed E-state index contributed by atoms with van der Waals surface area (Å²) in [6, 6.07) is 121. The Labute approximate surface area is 800 Å². The molecule has 3 N–H and O–H groups in total. The number of carbonyl (C=O) groups excluding carboxylic acids is 3. The number of aromatic nitrogens is 7. The maximum Gasteiger partial charge on any atom is 0.155 e. The molecule has 13 nitrogen and oxygen atoms in total. The van der Waals surface area contributed by atoms with E-state index in [1.54, 1.807) is 29.9 Å². The predicted octanol–water partition coefficient (Wildman–Crippen LogP) is 25.9. The van der Waals surface area contributed by atoms with Gasteiger partial charge in [-0.3, -0.25) is 19.4 Å². The Morgan fingerprint density at radius 2 is 0.696 bits per heavy atom. The summed E-state index contributed by atoms with van der Waals surface area (Å²) in [6.07, 6.45) is 18.0. The van der Waals surface area contributed by atoms with Crippen molar-refractivity contribution in [2.45, 2.75) is 41.5 Å². The Hall–Kier alpha value is -12.1. The molecule has 635 valence electrons. The third-order valence-electron chi connectivity index (χ3n) is 17.6. The van der Waals surface area contributed by atoms with Crippen molar-refractivity contribution in [2.75, 3.05) is 0 Å². The molecule has 0 saturated heterocycles. The van der Waals surface area contributed by atoms with Crippen molar-refractivity contribution in [1.29, 1.82) is 0 Å². The van der Waals surface area contributed by atoms with E-state index in [1.165, 1.54) is 124 Å². The first-order valence-electron chi connectivity index (χ1n) is 38.3. The van der Waals surface area contributed by atoms with Crippen molar-refractivity contribution >= 4 is 104 Å². The summed E-state index contributed by atoms with van der Waals surface area (Å²) < 4.78 is 0. The fraction of sp³-hybridized carbons (Fsp3) is 0.0566. The van der Waals surface area contributed by atoms with Gasteiger partial charge in [-0.1, -0.05) is 204 Å². The van der Waals surface area contributed by atoms with Crippen LogP contribution in [-0.2, 0) is 115 Å². The topological polar surface area (TPSA) is 202 Å². The molecular formula is C106H83Ir5N7O6S-6. The number of aliphatic hydroxyl groups excluding tert-OH is 3. The van der Waals surface area contributed by atoms with E-state index in [4.69, 9.17) is 15.3 Å². The van der Waals surface area contributed by atoms with E-state index in [0.717, 1.165) is 77.6 Å². The van der Waals surface area contributed by atoms with Gasteiger partial charge >= 0.3 is 0 Å². The van der Waals surface area contributed by atoms with E-state index >= 15 is 0 Å². The molecule has 0 aliphatic carbocycles. The third kappa shape index (κ3) is 31.3. The molecule has 0 spiro atoms. The van der Waals surface area contributed by atoms with Crippen LogP contribution in [0.15, 0.2) is 394 Å². The molecule has 11 aromatic carbocycles. The maximum atomic E-state index is 10.0. The smallest absolute Gasteiger partial charge is 0.155 e. The van der Waals surface area contributed by atoms with Crippen molar-refractivity contribution in [3.05, 3.63) is 430 Å². The van der Waals surface area contributed by atoms with Gasteiger partial charge in [0.15, 0.2) is 17.3 Å². The Balaban J connectivity index is 0.000000221. The molecule has 0 aliphatic heterocycles. The molecule has 0 fully saturated rings. The SMILES string of the molecule is CC(=O)C=C(C)O.CC(=O)C=C(C)O.CC(=O)C=C(C)O.[Ir].[Ir].[Ir].[Ir].[Ir].[c-]1cc2ccccc2cc1-c1nccc2ccccc12.[c-]1ccc2ccccc2c1-c1cc2ccccc2cn1.[c-]1ccccc1-c1ccccn1.[c-]1ccccc1-c1nccc2ccccc12.[c-]1ccsc1-c1nccc2ccccc12.[c-]1cnccc1-c1nccc2ccccc12. The number of thiophene rings is 1. The summed E-state index contributed by atoms with van der Waals surface area (Å²) in [5, 5.41) is 43.8. The number of ketones is 3. The molecule has 8 aromatic heterocycles. The summed E-state index contributed by atoms with van der Waals surface area (Å²) in [6.45, 7) is 8.54. The molecule has 125 heavy (non-hydrogen) atoms. The monoisotopic (exact) mass is 2550 g/mol. The first-order valence-corrected chi connectivity index (χ1v) is 39.2. The Morgan fingerprint density at radius 3 is 1.12 bits per heavy atom. The number of hydrogen-bond acceptors (Lipinski definition) is 14. The van der Waals surface area contributed by atoms with Gasteiger partial charge in [0.25, 0.3) is 0 Å². The summed E-state index contributed by atoms with van der Waals surface area (Å²) in [5.41, 5.74) is 11.1. The molecule has 5 radical (unpaired) electrons. The van der Waals surface area contributed by atoms with Crippen LogP contribution in [0.1, 0.15) is 41.5 Å². The number of nitrogens with zero attached hydrogens (tertiary/aromatic N) is 7. The first kappa shape index (κ1) is 102. The van der Waals surface area contributed by atoms with Gasteiger partial charge in [0.2, 0.25) is 0 Å². The van der Waals surface area contributed by atoms with Crippen molar-refractivity contribution in [1.82, 2.24) is 34.9 Å². The Kier molecular flexibility index (Phi) is 43.8. The number of allylic oxidation sites excluding steroid dienone is 6. The minimum Gasteiger partial charge on any atom is -0.512 e. The van der Waals surface area contributed by atoms with Crippen LogP contribution < -0.4 is 0 Å². The molecule has 0 aliphatic rings. The summed E-state index contributed by atoms with van der Waals surface area (Å²) in [7, 11) is 0. The van der Waals surface area contributed by atoms with Crippen molar-refractivity contribution in [3.8, 4) is 66.9 Å². The van der Waals surface area contributed by atoms with Gasteiger partial charge in [-0.15, -0.1) is 142 Å². The number of aliphatic hydroxyl groups is 3. The van der Waals surface area contributed by atoms with E-state index in [1.807, 2.05) is 200 Å². The summed E-state index contributed by atoms with van der Waals surface area (Å²) in [4.78, 5) is 61.8. The molecule has 19 aromatic rings. The molecule has 0 amide bonds. The van der Waals surface area contributed by atoms with Crippen molar-refractivity contribution in [2.24, 2.45) is 0 Å². The normalized spacial score (nSPS) is 10.3. The van der Waals surface area contributed by atoms with Crippen molar-refractivity contribution < 1.29 is 130 Å². The molecule has 0 unspecified atom stereocenters. The molecule has 0 bridgehead atoms. The first-order chi connectivity index (χ1) is 58.5. The van der Waals surface area contributed by atoms with Crippen LogP contribution in [0.3, 0.4) is 0 Å². The zero-order chi connectivity index (χ0) is 84.2. The molecule has 0 atom stereocenters. The second-order valence-electron chi connectivity index (χ2n) is 26.9. The van der Waals surface area contributed by atoms with E-state index < -0.39 is 0 Å². The van der Waals surface area contributed by atoms with Gasteiger partial charge in [0.1, 0.15) is 0 Å². The van der Waals surface area contributed by atoms with Gasteiger partial charge in [0, 0.05) is 156 Å². The number of benzene rings is 11. The van der Waals surface area contributed by atoms with Gasteiger partial charge in [-0.05, 0) is 172 Å². The van der Waals surface area contributed by atoms with Gasteiger partial charge in [-0.25, -0.2) is 11.3 Å². The second kappa shape index (κ2) is 53.8. The van der Waals surface area contributed by atoms with E-state index in [-0.39, 0.29) is 135 Å². The van der Waals surface area contributed by atoms with Crippen LogP contribution >= 0.6 is 11.3 Å². The van der Waals surface area contributed by atoms with Crippen LogP contribution in [0.25, 0.3) is 142 Å². The second-order valence-corrected chi connectivity index (χ2v) is 27.8. The van der Waals surface area contributed by atoms with Crippen LogP contribution in [-0.4, -0.2) is 67.6 Å². The maximum absolute atomic E-state index is 10.0. The number of rotatable bonds is 9.